The van der Waals surface area contributed by atoms with Gasteiger partial charge in [-0.3, -0.25) is 14.9 Å². The van der Waals surface area contributed by atoms with E-state index in [9.17, 15) is 19.5 Å². The number of alkyl carbamates (subject to hydrolysis) is 1. The predicted octanol–water partition coefficient (Wildman–Crippen LogP) is 6.72. The van der Waals surface area contributed by atoms with E-state index in [1.807, 2.05) is 102 Å². The number of benzene rings is 5. The number of rotatable bonds is 15. The molecule has 1 amide bonds. The SMILES string of the molecule is C[C@@](NCC(=O)O)(C(=O)[C@H](Cc1cn(C(c2ccccc2)(c2ccccc2)c2ccccc2)cn1)NC(=O)OCc1ccccc1)c1ccccc1. The average Bonchev–Trinajstić information content (AvgIpc) is 3.66. The molecule has 0 spiro atoms. The summed E-state index contributed by atoms with van der Waals surface area (Å²) in [6.07, 6.45) is 2.85. The molecular weight excluding hydrogens is 652 g/mol. The molecule has 0 saturated heterocycles. The number of ketones is 1. The number of hydrogen-bond acceptors (Lipinski definition) is 6. The van der Waals surface area contributed by atoms with Crippen LogP contribution in [0.4, 0.5) is 4.79 Å². The highest BCUT2D eigenvalue weighted by Crippen LogP contribution is 2.41. The number of aromatic nitrogens is 2. The van der Waals surface area contributed by atoms with Crippen molar-refractivity contribution in [3.8, 4) is 0 Å². The van der Waals surface area contributed by atoms with Crippen LogP contribution in [0.5, 0.6) is 0 Å². The Morgan fingerprint density at radius 3 is 1.65 bits per heavy atom. The minimum Gasteiger partial charge on any atom is -0.480 e. The normalized spacial score (nSPS) is 13.0. The maximum absolute atomic E-state index is 14.7. The van der Waals surface area contributed by atoms with Crippen LogP contribution < -0.4 is 10.6 Å². The van der Waals surface area contributed by atoms with E-state index in [0.29, 0.717) is 11.3 Å². The number of carboxylic acids is 1. The van der Waals surface area contributed by atoms with E-state index in [2.05, 4.69) is 47.0 Å². The van der Waals surface area contributed by atoms with Crippen LogP contribution >= 0.6 is 0 Å². The van der Waals surface area contributed by atoms with E-state index in [0.717, 1.165) is 22.3 Å². The second kappa shape index (κ2) is 16.1. The molecule has 3 N–H and O–H groups in total. The van der Waals surface area contributed by atoms with E-state index in [1.165, 1.54) is 0 Å². The lowest BCUT2D eigenvalue weighted by Crippen LogP contribution is -2.57. The number of imidazole rings is 1. The van der Waals surface area contributed by atoms with Crippen molar-refractivity contribution in [2.45, 2.75) is 37.1 Å². The minimum absolute atomic E-state index is 0.00209. The standard InChI is InChI=1S/C43H40N4O5/c1-42(45-28-39(48)49,33-19-9-3-10-20-33)40(50)38(46-41(51)52-30-32-17-7-2-8-18-32)27-37-29-47(31-44-37)43(34-21-11-4-12-22-34,35-23-13-5-14-24-35)36-25-15-6-16-26-36/h2-26,29,31,38,45H,27-28,30H2,1H3,(H,46,51)(H,48,49)/t38-,42-/m0/s1. The molecule has 1 heterocycles. The third kappa shape index (κ3) is 7.70. The van der Waals surface area contributed by atoms with Crippen LogP contribution in [-0.4, -0.2) is 45.1 Å². The molecule has 0 saturated carbocycles. The van der Waals surface area contributed by atoms with Gasteiger partial charge in [0.2, 0.25) is 0 Å². The van der Waals surface area contributed by atoms with Crippen molar-refractivity contribution in [2.24, 2.45) is 0 Å². The molecule has 2 atom stereocenters. The van der Waals surface area contributed by atoms with Gasteiger partial charge in [0.15, 0.2) is 5.78 Å². The molecule has 262 valence electrons. The first kappa shape index (κ1) is 35.5. The first-order chi connectivity index (χ1) is 25.3. The first-order valence-corrected chi connectivity index (χ1v) is 17.0. The van der Waals surface area contributed by atoms with Gasteiger partial charge in [0, 0.05) is 12.6 Å². The molecule has 5 aromatic carbocycles. The third-order valence-corrected chi connectivity index (χ3v) is 9.27. The smallest absolute Gasteiger partial charge is 0.408 e. The Morgan fingerprint density at radius 1 is 0.712 bits per heavy atom. The van der Waals surface area contributed by atoms with E-state index in [4.69, 9.17) is 9.72 Å². The van der Waals surface area contributed by atoms with Gasteiger partial charge in [0.05, 0.1) is 24.6 Å². The van der Waals surface area contributed by atoms with Gasteiger partial charge in [-0.1, -0.05) is 152 Å². The fourth-order valence-corrected chi connectivity index (χ4v) is 6.67. The molecule has 52 heavy (non-hydrogen) atoms. The van der Waals surface area contributed by atoms with Crippen LogP contribution in [0.3, 0.4) is 0 Å². The van der Waals surface area contributed by atoms with E-state index >= 15 is 0 Å². The van der Waals surface area contributed by atoms with Crippen molar-refractivity contribution in [1.29, 1.82) is 0 Å². The number of carbonyl (C=O) groups is 3. The van der Waals surface area contributed by atoms with Gasteiger partial charge in [0.25, 0.3) is 0 Å². The second-order valence-electron chi connectivity index (χ2n) is 12.6. The zero-order chi connectivity index (χ0) is 36.4. The van der Waals surface area contributed by atoms with Crippen molar-refractivity contribution in [3.63, 3.8) is 0 Å². The summed E-state index contributed by atoms with van der Waals surface area (Å²) in [5.74, 6) is -1.58. The highest BCUT2D eigenvalue weighted by atomic mass is 16.5. The van der Waals surface area contributed by atoms with Gasteiger partial charge in [0.1, 0.15) is 17.7 Å². The molecule has 0 fully saturated rings. The Hall–Kier alpha value is -6.32. The maximum Gasteiger partial charge on any atom is 0.408 e. The van der Waals surface area contributed by atoms with Gasteiger partial charge in [-0.15, -0.1) is 0 Å². The van der Waals surface area contributed by atoms with Crippen LogP contribution in [0.2, 0.25) is 0 Å². The monoisotopic (exact) mass is 692 g/mol. The average molecular weight is 693 g/mol. The van der Waals surface area contributed by atoms with Gasteiger partial charge in [-0.25, -0.2) is 9.78 Å². The van der Waals surface area contributed by atoms with Gasteiger partial charge < -0.3 is 19.7 Å². The van der Waals surface area contributed by atoms with Crippen LogP contribution in [-0.2, 0) is 38.4 Å². The topological polar surface area (TPSA) is 123 Å². The Labute approximate surface area is 302 Å². The molecule has 0 unspecified atom stereocenters. The molecule has 1 aromatic heterocycles. The third-order valence-electron chi connectivity index (χ3n) is 9.27. The number of aliphatic carboxylic acids is 1. The second-order valence-corrected chi connectivity index (χ2v) is 12.6. The number of nitrogens with zero attached hydrogens (tertiary/aromatic N) is 2. The summed E-state index contributed by atoms with van der Waals surface area (Å²) in [5, 5.41) is 15.3. The van der Waals surface area contributed by atoms with Crippen molar-refractivity contribution < 1.29 is 24.2 Å². The van der Waals surface area contributed by atoms with Crippen molar-refractivity contribution in [3.05, 3.63) is 198 Å². The lowest BCUT2D eigenvalue weighted by molar-refractivity contribution is -0.137. The summed E-state index contributed by atoms with van der Waals surface area (Å²) < 4.78 is 7.59. The number of carbonyl (C=O) groups excluding carboxylic acids is 2. The molecule has 9 nitrogen and oxygen atoms in total. The maximum atomic E-state index is 14.7. The molecule has 9 heteroatoms. The summed E-state index contributed by atoms with van der Waals surface area (Å²) in [4.78, 5) is 44.6. The molecule has 0 aliphatic carbocycles. The molecule has 0 radical (unpaired) electrons. The molecule has 6 aromatic rings. The van der Waals surface area contributed by atoms with Crippen LogP contribution in [0.15, 0.2) is 164 Å². The zero-order valence-corrected chi connectivity index (χ0v) is 28.8. The van der Waals surface area contributed by atoms with Crippen LogP contribution in [0.1, 0.15) is 40.4 Å². The Balaban J connectivity index is 1.41. The largest absolute Gasteiger partial charge is 0.480 e. The first-order valence-electron chi connectivity index (χ1n) is 17.0. The molecule has 0 aliphatic heterocycles. The fraction of sp³-hybridized carbons (Fsp3) is 0.163. The van der Waals surface area contributed by atoms with Crippen LogP contribution in [0, 0.1) is 0 Å². The molecule has 6 rings (SSSR count). The minimum atomic E-state index is -1.48. The lowest BCUT2D eigenvalue weighted by Gasteiger charge is -2.37. The number of carboxylic acid groups (broad SMARTS) is 1. The Morgan fingerprint density at radius 2 is 1.17 bits per heavy atom. The summed E-state index contributed by atoms with van der Waals surface area (Å²) in [7, 11) is 0. The molecule has 0 bridgehead atoms. The quantitative estimate of drug-likeness (QED) is 0.102. The summed E-state index contributed by atoms with van der Waals surface area (Å²) in [5.41, 5.74) is 2.55. The van der Waals surface area contributed by atoms with Crippen molar-refractivity contribution in [2.75, 3.05) is 6.54 Å². The highest BCUT2D eigenvalue weighted by molar-refractivity contribution is 5.96. The summed E-state index contributed by atoms with van der Waals surface area (Å²) >= 11 is 0. The summed E-state index contributed by atoms with van der Waals surface area (Å²) in [6, 6.07) is 47.4. The number of ether oxygens (including phenoxy) is 1. The number of Topliss-reactive ketones (excluding diaryl/α,β-unsaturated/α-hetero) is 1. The van der Waals surface area contributed by atoms with Crippen molar-refractivity contribution in [1.82, 2.24) is 20.2 Å². The van der Waals surface area contributed by atoms with E-state index < -0.39 is 41.5 Å². The fourth-order valence-electron chi connectivity index (χ4n) is 6.67. The van der Waals surface area contributed by atoms with Gasteiger partial charge in [-0.2, -0.15) is 0 Å². The van der Waals surface area contributed by atoms with Crippen LogP contribution in [0.25, 0.3) is 0 Å². The molecule has 0 aliphatic rings. The van der Waals surface area contributed by atoms with E-state index in [1.54, 1.807) is 37.5 Å². The Bertz CT molecular complexity index is 1980. The zero-order valence-electron chi connectivity index (χ0n) is 28.8. The predicted molar refractivity (Wildman–Crippen MR) is 199 cm³/mol. The van der Waals surface area contributed by atoms with Gasteiger partial charge >= 0.3 is 12.1 Å². The Kier molecular flexibility index (Phi) is 11.0. The number of hydrogen-bond donors (Lipinski definition) is 3. The molecular formula is C43H40N4O5. The van der Waals surface area contributed by atoms with E-state index in [-0.39, 0.29) is 13.0 Å². The highest BCUT2D eigenvalue weighted by Gasteiger charge is 2.42. The van der Waals surface area contributed by atoms with Gasteiger partial charge in [-0.05, 0) is 34.7 Å². The summed E-state index contributed by atoms with van der Waals surface area (Å²) in [6.45, 7) is 1.15. The number of nitrogens with one attached hydrogen (secondary N) is 2. The number of amides is 1. The lowest BCUT2D eigenvalue weighted by atomic mass is 9.76. The van der Waals surface area contributed by atoms with Crippen molar-refractivity contribution >= 4 is 17.8 Å².